The molecule has 3 rings (SSSR count). The van der Waals surface area contributed by atoms with E-state index in [1.807, 2.05) is 13.8 Å². The van der Waals surface area contributed by atoms with E-state index < -0.39 is 23.1 Å². The molecule has 0 saturated carbocycles. The van der Waals surface area contributed by atoms with E-state index in [4.69, 9.17) is 13.9 Å². The van der Waals surface area contributed by atoms with Gasteiger partial charge in [-0.05, 0) is 49.6 Å². The molecule has 3 aromatic rings. The first-order valence-electron chi connectivity index (χ1n) is 12.1. The Kier molecular flexibility index (Phi) is 8.54. The van der Waals surface area contributed by atoms with Gasteiger partial charge in [-0.3, -0.25) is 0 Å². The third kappa shape index (κ3) is 7.15. The number of carbonyl (C=O) groups excluding carboxylic acids is 1. The molecule has 1 aromatic heterocycles. The summed E-state index contributed by atoms with van der Waals surface area (Å²) in [6.07, 6.45) is -1.04. The summed E-state index contributed by atoms with van der Waals surface area (Å²) in [7, 11) is 0. The van der Waals surface area contributed by atoms with Gasteiger partial charge in [-0.1, -0.05) is 52.3 Å². The molecule has 194 valence electrons. The molecule has 0 saturated heterocycles. The van der Waals surface area contributed by atoms with Crippen LogP contribution in [0.1, 0.15) is 58.1 Å². The van der Waals surface area contributed by atoms with Gasteiger partial charge in [0.15, 0.2) is 0 Å². The summed E-state index contributed by atoms with van der Waals surface area (Å²) < 4.78 is 58.6. The fourth-order valence-corrected chi connectivity index (χ4v) is 3.71. The van der Waals surface area contributed by atoms with Crippen molar-refractivity contribution < 1.29 is 31.9 Å². The van der Waals surface area contributed by atoms with Gasteiger partial charge in [0.2, 0.25) is 0 Å². The zero-order valence-corrected chi connectivity index (χ0v) is 21.3. The third-order valence-corrected chi connectivity index (χ3v) is 5.79. The van der Waals surface area contributed by atoms with Crippen LogP contribution in [0.3, 0.4) is 0 Å². The Bertz CT molecular complexity index is 1220. The zero-order valence-electron chi connectivity index (χ0n) is 21.3. The van der Waals surface area contributed by atoms with E-state index in [1.165, 1.54) is 12.1 Å². The molecule has 0 spiro atoms. The minimum Gasteiger partial charge on any atom is -0.493 e. The van der Waals surface area contributed by atoms with Crippen LogP contribution in [0.2, 0.25) is 0 Å². The highest BCUT2D eigenvalue weighted by Crippen LogP contribution is 2.40. The second-order valence-electron chi connectivity index (χ2n) is 9.95. The molecular formula is C29H33F3O4. The molecular weight excluding hydrogens is 469 g/mol. The van der Waals surface area contributed by atoms with Crippen LogP contribution >= 0.6 is 0 Å². The SMILES string of the molecule is C=C(C)C(=O)OCC(C)(C)COc1ccc2cc(-c3ccc(CCCCC)cc3C(F)(F)F)oc2c1. The van der Waals surface area contributed by atoms with Crippen LogP contribution in [0.15, 0.2) is 59.0 Å². The summed E-state index contributed by atoms with van der Waals surface area (Å²) in [6.45, 7) is 11.4. The smallest absolute Gasteiger partial charge is 0.417 e. The van der Waals surface area contributed by atoms with Gasteiger partial charge in [0.05, 0.1) is 18.8 Å². The van der Waals surface area contributed by atoms with Gasteiger partial charge in [0.25, 0.3) is 0 Å². The number of halogens is 3. The van der Waals surface area contributed by atoms with Gasteiger partial charge < -0.3 is 13.9 Å². The van der Waals surface area contributed by atoms with Crippen LogP contribution < -0.4 is 4.74 Å². The molecule has 0 aliphatic carbocycles. The van der Waals surface area contributed by atoms with Gasteiger partial charge in [-0.15, -0.1) is 0 Å². The summed E-state index contributed by atoms with van der Waals surface area (Å²) in [5, 5.41) is 0.673. The maximum atomic E-state index is 13.9. The lowest BCUT2D eigenvalue weighted by Gasteiger charge is -2.24. The number of ether oxygens (including phenoxy) is 2. The number of aryl methyl sites for hydroxylation is 1. The lowest BCUT2D eigenvalue weighted by Crippen LogP contribution is -2.28. The molecule has 36 heavy (non-hydrogen) atoms. The topological polar surface area (TPSA) is 48.7 Å². The highest BCUT2D eigenvalue weighted by molar-refractivity contribution is 5.87. The number of unbranched alkanes of at least 4 members (excludes halogenated alkanes) is 2. The third-order valence-electron chi connectivity index (χ3n) is 5.79. The van der Waals surface area contributed by atoms with E-state index in [0.29, 0.717) is 34.3 Å². The molecule has 4 nitrogen and oxygen atoms in total. The van der Waals surface area contributed by atoms with Gasteiger partial charge in [-0.25, -0.2) is 4.79 Å². The molecule has 0 unspecified atom stereocenters. The van der Waals surface area contributed by atoms with Crippen molar-refractivity contribution in [2.24, 2.45) is 5.41 Å². The van der Waals surface area contributed by atoms with E-state index in [0.717, 1.165) is 19.3 Å². The van der Waals surface area contributed by atoms with Crippen LogP contribution in [-0.2, 0) is 22.1 Å². The zero-order chi connectivity index (χ0) is 26.5. The molecule has 0 aliphatic rings. The molecule has 0 bridgehead atoms. The number of fused-ring (bicyclic) bond motifs is 1. The van der Waals surface area contributed by atoms with Crippen molar-refractivity contribution in [3.63, 3.8) is 0 Å². The lowest BCUT2D eigenvalue weighted by molar-refractivity contribution is -0.142. The van der Waals surface area contributed by atoms with Crippen LogP contribution in [0.4, 0.5) is 13.2 Å². The van der Waals surface area contributed by atoms with E-state index >= 15 is 0 Å². The van der Waals surface area contributed by atoms with E-state index in [1.54, 1.807) is 37.3 Å². The van der Waals surface area contributed by atoms with Crippen LogP contribution in [0.5, 0.6) is 5.75 Å². The van der Waals surface area contributed by atoms with Crippen molar-refractivity contribution in [1.29, 1.82) is 0 Å². The minimum atomic E-state index is -4.50. The number of furan rings is 1. The largest absolute Gasteiger partial charge is 0.493 e. The van der Waals surface area contributed by atoms with Crippen molar-refractivity contribution in [2.45, 2.75) is 59.6 Å². The first-order valence-corrected chi connectivity index (χ1v) is 12.1. The highest BCUT2D eigenvalue weighted by Gasteiger charge is 2.35. The van der Waals surface area contributed by atoms with Crippen molar-refractivity contribution in [2.75, 3.05) is 13.2 Å². The summed E-state index contributed by atoms with van der Waals surface area (Å²) >= 11 is 0. The first kappa shape index (κ1) is 27.4. The summed E-state index contributed by atoms with van der Waals surface area (Å²) in [6, 6.07) is 11.2. The monoisotopic (exact) mass is 502 g/mol. The Labute approximate surface area is 210 Å². The number of carbonyl (C=O) groups is 1. The number of alkyl halides is 3. The van der Waals surface area contributed by atoms with Crippen molar-refractivity contribution in [1.82, 2.24) is 0 Å². The van der Waals surface area contributed by atoms with E-state index in [-0.39, 0.29) is 24.5 Å². The molecule has 0 atom stereocenters. The molecule has 0 radical (unpaired) electrons. The first-order chi connectivity index (χ1) is 16.9. The average Bonchev–Trinajstić information content (AvgIpc) is 3.24. The predicted octanol–water partition coefficient (Wildman–Crippen LogP) is 8.38. The molecule has 0 fully saturated rings. The predicted molar refractivity (Wildman–Crippen MR) is 135 cm³/mol. The van der Waals surface area contributed by atoms with Crippen molar-refractivity contribution in [3.05, 3.63) is 65.7 Å². The maximum Gasteiger partial charge on any atom is 0.417 e. The minimum absolute atomic E-state index is 0.0147. The Morgan fingerprint density at radius 1 is 1.03 bits per heavy atom. The van der Waals surface area contributed by atoms with Crippen LogP contribution in [0.25, 0.3) is 22.3 Å². The Hall–Kier alpha value is -3.22. The summed E-state index contributed by atoms with van der Waals surface area (Å²) in [5.41, 5.74) is 0.274. The van der Waals surface area contributed by atoms with Crippen LogP contribution in [-0.4, -0.2) is 19.2 Å². The summed E-state index contributed by atoms with van der Waals surface area (Å²) in [4.78, 5) is 11.6. The second kappa shape index (κ2) is 11.2. The Morgan fingerprint density at radius 3 is 2.44 bits per heavy atom. The molecule has 0 amide bonds. The maximum absolute atomic E-state index is 13.9. The lowest BCUT2D eigenvalue weighted by atomic mass is 9.96. The molecule has 7 heteroatoms. The number of hydrogen-bond donors (Lipinski definition) is 0. The summed E-state index contributed by atoms with van der Waals surface area (Å²) in [5.74, 6) is 0.200. The quantitative estimate of drug-likeness (QED) is 0.150. The number of esters is 1. The van der Waals surface area contributed by atoms with E-state index in [9.17, 15) is 18.0 Å². The number of hydrogen-bond acceptors (Lipinski definition) is 4. The highest BCUT2D eigenvalue weighted by atomic mass is 19.4. The normalized spacial score (nSPS) is 12.1. The van der Waals surface area contributed by atoms with Crippen molar-refractivity contribution >= 4 is 16.9 Å². The fourth-order valence-electron chi connectivity index (χ4n) is 3.71. The molecule has 0 aliphatic heterocycles. The van der Waals surface area contributed by atoms with Gasteiger partial charge in [-0.2, -0.15) is 13.2 Å². The van der Waals surface area contributed by atoms with Gasteiger partial charge >= 0.3 is 12.1 Å². The second-order valence-corrected chi connectivity index (χ2v) is 9.95. The van der Waals surface area contributed by atoms with Gasteiger partial charge in [0.1, 0.15) is 17.1 Å². The molecule has 0 N–H and O–H groups in total. The molecule has 1 heterocycles. The number of benzene rings is 2. The standard InChI is InChI=1S/C29H33F3O4/c1-6-7-8-9-20-10-13-23(24(14-20)29(30,31)32)26-15-21-11-12-22(16-25(21)36-26)34-17-28(4,5)18-35-27(33)19(2)3/h10-16H,2,6-9,17-18H2,1,3-5H3. The van der Waals surface area contributed by atoms with E-state index in [2.05, 4.69) is 13.5 Å². The van der Waals surface area contributed by atoms with Crippen LogP contribution in [0, 0.1) is 5.41 Å². The van der Waals surface area contributed by atoms with Crippen molar-refractivity contribution in [3.8, 4) is 17.1 Å². The fraction of sp³-hybridized carbons (Fsp3) is 0.414. The molecule has 2 aromatic carbocycles. The Morgan fingerprint density at radius 2 is 1.78 bits per heavy atom. The average molecular weight is 503 g/mol. The number of rotatable bonds is 11. The van der Waals surface area contributed by atoms with Gasteiger partial charge in [0, 0.05) is 28.0 Å². The Balaban J connectivity index is 1.79.